The van der Waals surface area contributed by atoms with Gasteiger partial charge in [0.25, 0.3) is 0 Å². The highest BCUT2D eigenvalue weighted by Gasteiger charge is 2.18. The standard InChI is InChI=1S/C10H13F2NO/c1-10(2,13)5-6-3-4-7(11)9(14)8(6)12/h3-4,14H,5,13H2,1-2H3. The Balaban J connectivity index is 3.06. The van der Waals surface area contributed by atoms with Crippen LogP contribution in [0.15, 0.2) is 12.1 Å². The molecule has 4 heteroatoms. The zero-order valence-electron chi connectivity index (χ0n) is 8.14. The van der Waals surface area contributed by atoms with Crippen LogP contribution in [0.3, 0.4) is 0 Å². The van der Waals surface area contributed by atoms with Gasteiger partial charge in [-0.25, -0.2) is 8.78 Å². The number of hydrogen-bond acceptors (Lipinski definition) is 2. The first-order valence-corrected chi connectivity index (χ1v) is 4.26. The minimum absolute atomic E-state index is 0.219. The molecule has 0 unspecified atom stereocenters. The third-order valence-electron chi connectivity index (χ3n) is 1.79. The molecule has 0 aromatic heterocycles. The predicted molar refractivity (Wildman–Crippen MR) is 50.0 cm³/mol. The first kappa shape index (κ1) is 10.9. The van der Waals surface area contributed by atoms with Crippen molar-refractivity contribution in [1.29, 1.82) is 0 Å². The molecule has 78 valence electrons. The summed E-state index contributed by atoms with van der Waals surface area (Å²) in [5.41, 5.74) is 5.31. The number of aromatic hydroxyl groups is 1. The van der Waals surface area contributed by atoms with Crippen molar-refractivity contribution < 1.29 is 13.9 Å². The Hall–Kier alpha value is -1.16. The third kappa shape index (κ3) is 2.42. The molecule has 0 radical (unpaired) electrons. The molecule has 0 fully saturated rings. The van der Waals surface area contributed by atoms with Crippen molar-refractivity contribution in [3.8, 4) is 5.75 Å². The highest BCUT2D eigenvalue weighted by molar-refractivity contribution is 5.32. The van der Waals surface area contributed by atoms with Gasteiger partial charge in [0, 0.05) is 5.54 Å². The quantitative estimate of drug-likeness (QED) is 0.768. The minimum atomic E-state index is -0.957. The van der Waals surface area contributed by atoms with Crippen molar-refractivity contribution in [3.05, 3.63) is 29.3 Å². The number of benzene rings is 1. The molecule has 0 aliphatic heterocycles. The van der Waals surface area contributed by atoms with Gasteiger partial charge in [-0.3, -0.25) is 0 Å². The van der Waals surface area contributed by atoms with Crippen LogP contribution in [0.5, 0.6) is 5.75 Å². The van der Waals surface area contributed by atoms with Crippen LogP contribution in [0.1, 0.15) is 19.4 Å². The summed E-state index contributed by atoms with van der Waals surface area (Å²) < 4.78 is 25.9. The van der Waals surface area contributed by atoms with E-state index in [0.29, 0.717) is 0 Å². The number of phenols is 1. The van der Waals surface area contributed by atoms with Crippen LogP contribution in [0.4, 0.5) is 8.78 Å². The number of halogens is 2. The lowest BCUT2D eigenvalue weighted by atomic mass is 9.96. The molecule has 2 nitrogen and oxygen atoms in total. The van der Waals surface area contributed by atoms with Gasteiger partial charge >= 0.3 is 0 Å². The maximum Gasteiger partial charge on any atom is 0.188 e. The lowest BCUT2D eigenvalue weighted by molar-refractivity contribution is 0.388. The van der Waals surface area contributed by atoms with Crippen molar-refractivity contribution in [2.24, 2.45) is 5.73 Å². The van der Waals surface area contributed by atoms with E-state index in [1.54, 1.807) is 13.8 Å². The maximum atomic E-state index is 13.2. The Morgan fingerprint density at radius 2 is 1.93 bits per heavy atom. The van der Waals surface area contributed by atoms with Crippen molar-refractivity contribution in [1.82, 2.24) is 0 Å². The van der Waals surface area contributed by atoms with Crippen LogP contribution in [-0.2, 0) is 6.42 Å². The fourth-order valence-corrected chi connectivity index (χ4v) is 1.21. The Kier molecular flexibility index (Phi) is 2.76. The summed E-state index contributed by atoms with van der Waals surface area (Å²) in [5, 5.41) is 8.99. The molecular formula is C10H13F2NO. The number of phenolic OH excluding ortho intramolecular Hbond substituents is 1. The summed E-state index contributed by atoms with van der Waals surface area (Å²) in [6, 6.07) is 2.32. The van der Waals surface area contributed by atoms with E-state index in [1.807, 2.05) is 0 Å². The predicted octanol–water partition coefficient (Wildman–Crippen LogP) is 1.95. The molecule has 3 N–H and O–H groups in total. The molecule has 14 heavy (non-hydrogen) atoms. The second-order valence-electron chi connectivity index (χ2n) is 4.03. The van der Waals surface area contributed by atoms with Crippen LogP contribution in [0.25, 0.3) is 0 Å². The van der Waals surface area contributed by atoms with Crippen molar-refractivity contribution >= 4 is 0 Å². The lowest BCUT2D eigenvalue weighted by Crippen LogP contribution is -2.34. The molecule has 0 bridgehead atoms. The fraction of sp³-hybridized carbons (Fsp3) is 0.400. The second kappa shape index (κ2) is 3.53. The number of nitrogens with two attached hydrogens (primary N) is 1. The van der Waals surface area contributed by atoms with E-state index >= 15 is 0 Å². The monoisotopic (exact) mass is 201 g/mol. The molecule has 1 aromatic rings. The van der Waals surface area contributed by atoms with Crippen LogP contribution >= 0.6 is 0 Å². The van der Waals surface area contributed by atoms with Crippen molar-refractivity contribution in [2.45, 2.75) is 25.8 Å². The summed E-state index contributed by atoms with van der Waals surface area (Å²) >= 11 is 0. The minimum Gasteiger partial charge on any atom is -0.503 e. The Morgan fingerprint density at radius 1 is 1.36 bits per heavy atom. The van der Waals surface area contributed by atoms with Gasteiger partial charge in [0.2, 0.25) is 0 Å². The van der Waals surface area contributed by atoms with Crippen LogP contribution in [0, 0.1) is 11.6 Å². The zero-order valence-corrected chi connectivity index (χ0v) is 8.14. The van der Waals surface area contributed by atoms with Crippen molar-refractivity contribution in [2.75, 3.05) is 0 Å². The summed E-state index contributed by atoms with van der Waals surface area (Å²) in [7, 11) is 0. The second-order valence-corrected chi connectivity index (χ2v) is 4.03. The first-order valence-electron chi connectivity index (χ1n) is 4.26. The molecule has 1 aromatic carbocycles. The van der Waals surface area contributed by atoms with Crippen LogP contribution in [-0.4, -0.2) is 10.6 Å². The van der Waals surface area contributed by atoms with Gasteiger partial charge < -0.3 is 10.8 Å². The maximum absolute atomic E-state index is 13.2. The fourth-order valence-electron chi connectivity index (χ4n) is 1.21. The topological polar surface area (TPSA) is 46.2 Å². The van der Waals surface area contributed by atoms with Gasteiger partial charge in [-0.1, -0.05) is 6.07 Å². The van der Waals surface area contributed by atoms with Crippen LogP contribution < -0.4 is 5.73 Å². The average Bonchev–Trinajstić information content (AvgIpc) is 2.04. The first-order chi connectivity index (χ1) is 6.31. The molecule has 0 saturated heterocycles. The molecule has 0 saturated carbocycles. The van der Waals surface area contributed by atoms with E-state index in [2.05, 4.69) is 0 Å². The normalized spacial score (nSPS) is 11.8. The van der Waals surface area contributed by atoms with Gasteiger partial charge in [0.05, 0.1) is 0 Å². The van der Waals surface area contributed by atoms with Crippen molar-refractivity contribution in [3.63, 3.8) is 0 Å². The summed E-state index contributed by atoms with van der Waals surface area (Å²) in [4.78, 5) is 0. The lowest BCUT2D eigenvalue weighted by Gasteiger charge is -2.18. The van der Waals surface area contributed by atoms with Gasteiger partial charge in [0.1, 0.15) is 0 Å². The van der Waals surface area contributed by atoms with E-state index in [0.717, 1.165) is 6.07 Å². The van der Waals surface area contributed by atoms with E-state index in [9.17, 15) is 8.78 Å². The highest BCUT2D eigenvalue weighted by Crippen LogP contribution is 2.24. The van der Waals surface area contributed by atoms with E-state index in [4.69, 9.17) is 10.8 Å². The van der Waals surface area contributed by atoms with Gasteiger partial charge in [0.15, 0.2) is 17.4 Å². The molecule has 0 spiro atoms. The molecule has 0 atom stereocenters. The molecule has 0 amide bonds. The van der Waals surface area contributed by atoms with E-state index < -0.39 is 22.9 Å². The highest BCUT2D eigenvalue weighted by atomic mass is 19.1. The largest absolute Gasteiger partial charge is 0.503 e. The van der Waals surface area contributed by atoms with Gasteiger partial charge in [-0.2, -0.15) is 0 Å². The Bertz CT molecular complexity index is 345. The molecule has 0 aliphatic rings. The van der Waals surface area contributed by atoms with Crippen LogP contribution in [0.2, 0.25) is 0 Å². The Labute approximate surface area is 81.4 Å². The molecule has 1 rings (SSSR count). The van der Waals surface area contributed by atoms with E-state index in [1.165, 1.54) is 6.07 Å². The smallest absolute Gasteiger partial charge is 0.188 e. The zero-order chi connectivity index (χ0) is 10.9. The number of rotatable bonds is 2. The van der Waals surface area contributed by atoms with Gasteiger partial charge in [-0.15, -0.1) is 0 Å². The van der Waals surface area contributed by atoms with E-state index in [-0.39, 0.29) is 12.0 Å². The SMILES string of the molecule is CC(C)(N)Cc1ccc(F)c(O)c1F. The molecule has 0 aliphatic carbocycles. The average molecular weight is 201 g/mol. The Morgan fingerprint density at radius 3 is 2.43 bits per heavy atom. The van der Waals surface area contributed by atoms with Gasteiger partial charge in [-0.05, 0) is 31.9 Å². The molecule has 0 heterocycles. The summed E-state index contributed by atoms with van der Waals surface area (Å²) in [5.74, 6) is -2.82. The molecular weight excluding hydrogens is 188 g/mol. The summed E-state index contributed by atoms with van der Waals surface area (Å²) in [6.07, 6.45) is 0.243. The number of hydrogen-bond donors (Lipinski definition) is 2. The summed E-state index contributed by atoms with van der Waals surface area (Å²) in [6.45, 7) is 3.46. The third-order valence-corrected chi connectivity index (χ3v) is 1.79.